The maximum atomic E-state index is 6.14. The number of benzene rings is 1. The smallest absolute Gasteiger partial charge is 0.215 e. The summed E-state index contributed by atoms with van der Waals surface area (Å²) in [5.41, 5.74) is 6.79. The van der Waals surface area contributed by atoms with Gasteiger partial charge in [0.25, 0.3) is 0 Å². The maximum absolute atomic E-state index is 6.14. The average molecular weight is 293 g/mol. The van der Waals surface area contributed by atoms with E-state index in [2.05, 4.69) is 15.8 Å². The molecule has 3 unspecified atom stereocenters. The Labute approximate surface area is 112 Å². The van der Waals surface area contributed by atoms with E-state index in [1.165, 1.54) is 0 Å². The molecule has 1 saturated heterocycles. The van der Waals surface area contributed by atoms with Gasteiger partial charge in [-0.1, -0.05) is 11.6 Å². The molecule has 90 valence electrons. The van der Waals surface area contributed by atoms with Crippen molar-refractivity contribution in [3.8, 4) is 0 Å². The Morgan fingerprint density at radius 2 is 2.06 bits per heavy atom. The summed E-state index contributed by atoms with van der Waals surface area (Å²) >= 11 is 18.0. The van der Waals surface area contributed by atoms with Crippen molar-refractivity contribution >= 4 is 45.9 Å². The van der Waals surface area contributed by atoms with Crippen LogP contribution in [0.5, 0.6) is 0 Å². The molecule has 1 fully saturated rings. The van der Waals surface area contributed by atoms with Gasteiger partial charge in [-0.3, -0.25) is 0 Å². The summed E-state index contributed by atoms with van der Waals surface area (Å²) in [5, 5.41) is 0.274. The zero-order chi connectivity index (χ0) is 12.0. The molecule has 0 bridgehead atoms. The van der Waals surface area contributed by atoms with Crippen LogP contribution in [0.15, 0.2) is 22.6 Å². The predicted octanol–water partition coefficient (Wildman–Crippen LogP) is 2.80. The van der Waals surface area contributed by atoms with Crippen LogP contribution >= 0.6 is 34.8 Å². The Morgan fingerprint density at radius 1 is 1.24 bits per heavy atom. The van der Waals surface area contributed by atoms with Crippen LogP contribution in [0.2, 0.25) is 5.02 Å². The number of alkyl halides is 2. The molecule has 2 aromatic rings. The van der Waals surface area contributed by atoms with E-state index < -0.39 is 0 Å². The van der Waals surface area contributed by atoms with Crippen molar-refractivity contribution < 1.29 is 4.42 Å². The van der Waals surface area contributed by atoms with Crippen LogP contribution < -0.4 is 10.9 Å². The number of nitrogens with zero attached hydrogens (tertiary/aromatic N) is 1. The molecule has 3 atom stereocenters. The molecule has 2 N–H and O–H groups in total. The van der Waals surface area contributed by atoms with Crippen molar-refractivity contribution in [2.75, 3.05) is 0 Å². The van der Waals surface area contributed by atoms with Gasteiger partial charge in [-0.2, -0.15) is 0 Å². The van der Waals surface area contributed by atoms with Gasteiger partial charge in [-0.25, -0.2) is 15.8 Å². The first kappa shape index (κ1) is 11.6. The molecule has 4 nitrogen and oxygen atoms in total. The summed E-state index contributed by atoms with van der Waals surface area (Å²) in [6, 6.07) is 5.02. The first-order valence-corrected chi connectivity index (χ1v) is 6.25. The lowest BCUT2D eigenvalue weighted by Gasteiger charge is -2.08. The van der Waals surface area contributed by atoms with E-state index in [9.17, 15) is 0 Å². The Kier molecular flexibility index (Phi) is 2.92. The fourth-order valence-electron chi connectivity index (χ4n) is 1.74. The van der Waals surface area contributed by atoms with Crippen LogP contribution in [0.4, 0.5) is 0 Å². The molecule has 17 heavy (non-hydrogen) atoms. The normalized spacial score (nSPS) is 29.0. The Hall–Kier alpha value is -0.520. The van der Waals surface area contributed by atoms with E-state index in [1.54, 1.807) is 18.2 Å². The topological polar surface area (TPSA) is 50.1 Å². The Balaban J connectivity index is 2.01. The van der Waals surface area contributed by atoms with E-state index in [4.69, 9.17) is 39.2 Å². The second-order valence-electron chi connectivity index (χ2n) is 3.78. The van der Waals surface area contributed by atoms with Gasteiger partial charge in [0.05, 0.1) is 5.38 Å². The highest BCUT2D eigenvalue weighted by molar-refractivity contribution is 6.31. The van der Waals surface area contributed by atoms with Gasteiger partial charge < -0.3 is 4.42 Å². The van der Waals surface area contributed by atoms with Gasteiger partial charge in [0.1, 0.15) is 17.1 Å². The van der Waals surface area contributed by atoms with E-state index in [-0.39, 0.29) is 16.9 Å². The van der Waals surface area contributed by atoms with Crippen LogP contribution in [-0.4, -0.2) is 15.9 Å². The fraction of sp³-hybridized carbons (Fsp3) is 0.300. The van der Waals surface area contributed by atoms with Gasteiger partial charge in [0.2, 0.25) is 5.89 Å². The monoisotopic (exact) mass is 291 g/mol. The molecule has 7 heteroatoms. The lowest BCUT2D eigenvalue weighted by molar-refractivity contribution is 0.439. The van der Waals surface area contributed by atoms with Crippen molar-refractivity contribution in [3.63, 3.8) is 0 Å². The van der Waals surface area contributed by atoms with Crippen molar-refractivity contribution in [3.05, 3.63) is 29.1 Å². The molecule has 1 aliphatic heterocycles. The van der Waals surface area contributed by atoms with Crippen LogP contribution in [0.25, 0.3) is 11.1 Å². The van der Waals surface area contributed by atoms with Crippen LogP contribution in [0.3, 0.4) is 0 Å². The number of aromatic nitrogens is 1. The molecule has 1 aromatic heterocycles. The highest BCUT2D eigenvalue weighted by atomic mass is 35.5. The zero-order valence-corrected chi connectivity index (χ0v) is 10.7. The molecule has 0 aliphatic carbocycles. The van der Waals surface area contributed by atoms with Crippen molar-refractivity contribution in [1.82, 2.24) is 15.8 Å². The SMILES string of the molecule is Clc1ccc2nc(C3NNC(Cl)C3Cl)oc2c1. The summed E-state index contributed by atoms with van der Waals surface area (Å²) < 4.78 is 5.61. The maximum Gasteiger partial charge on any atom is 0.215 e. The lowest BCUT2D eigenvalue weighted by Crippen LogP contribution is -2.27. The summed E-state index contributed by atoms with van der Waals surface area (Å²) in [7, 11) is 0. The molecule has 0 radical (unpaired) electrons. The molecule has 1 aromatic carbocycles. The zero-order valence-electron chi connectivity index (χ0n) is 8.45. The molecule has 0 spiro atoms. The minimum Gasteiger partial charge on any atom is -0.439 e. The third-order valence-electron chi connectivity index (χ3n) is 2.61. The molecule has 0 saturated carbocycles. The molecule has 0 amide bonds. The van der Waals surface area contributed by atoms with E-state index in [1.807, 2.05) is 0 Å². The second kappa shape index (κ2) is 4.30. The summed E-state index contributed by atoms with van der Waals surface area (Å²) in [6.07, 6.45) is 0. The summed E-state index contributed by atoms with van der Waals surface area (Å²) in [6.45, 7) is 0. The molecular weight excluding hydrogens is 284 g/mol. The quantitative estimate of drug-likeness (QED) is 0.627. The van der Waals surface area contributed by atoms with Crippen molar-refractivity contribution in [2.45, 2.75) is 16.9 Å². The fourth-order valence-corrected chi connectivity index (χ4v) is 2.35. The van der Waals surface area contributed by atoms with Gasteiger partial charge in [-0.15, -0.1) is 23.2 Å². The lowest BCUT2D eigenvalue weighted by atomic mass is 10.2. The molecular formula is C10H8Cl3N3O. The minimum absolute atomic E-state index is 0.259. The molecule has 2 heterocycles. The number of fused-ring (bicyclic) bond motifs is 1. The molecule has 1 aliphatic rings. The number of hydrazine groups is 1. The number of hydrogen-bond donors (Lipinski definition) is 2. The van der Waals surface area contributed by atoms with Gasteiger partial charge >= 0.3 is 0 Å². The largest absolute Gasteiger partial charge is 0.439 e. The van der Waals surface area contributed by atoms with E-state index in [0.29, 0.717) is 16.5 Å². The number of rotatable bonds is 1. The van der Waals surface area contributed by atoms with E-state index in [0.717, 1.165) is 5.52 Å². The minimum atomic E-state index is -0.361. The van der Waals surface area contributed by atoms with Gasteiger partial charge in [0.15, 0.2) is 5.58 Å². The third-order valence-corrected chi connectivity index (χ3v) is 3.86. The predicted molar refractivity (Wildman–Crippen MR) is 67.3 cm³/mol. The summed E-state index contributed by atoms with van der Waals surface area (Å²) in [4.78, 5) is 4.35. The van der Waals surface area contributed by atoms with Crippen molar-refractivity contribution in [1.29, 1.82) is 0 Å². The first-order chi connectivity index (χ1) is 8.15. The number of halogens is 3. The van der Waals surface area contributed by atoms with Crippen molar-refractivity contribution in [2.24, 2.45) is 0 Å². The number of nitrogens with one attached hydrogen (secondary N) is 2. The van der Waals surface area contributed by atoms with Crippen LogP contribution in [0.1, 0.15) is 11.9 Å². The molecule has 3 rings (SSSR count). The number of oxazole rings is 1. The Morgan fingerprint density at radius 3 is 2.76 bits per heavy atom. The van der Waals surface area contributed by atoms with Gasteiger partial charge in [-0.05, 0) is 12.1 Å². The second-order valence-corrected chi connectivity index (χ2v) is 5.19. The highest BCUT2D eigenvalue weighted by Crippen LogP contribution is 2.31. The summed E-state index contributed by atoms with van der Waals surface area (Å²) in [5.74, 6) is 0.498. The Bertz CT molecular complexity index is 559. The van der Waals surface area contributed by atoms with Crippen LogP contribution in [0, 0.1) is 0 Å². The van der Waals surface area contributed by atoms with E-state index >= 15 is 0 Å². The van der Waals surface area contributed by atoms with Crippen LogP contribution in [-0.2, 0) is 0 Å². The average Bonchev–Trinajstić information content (AvgIpc) is 2.83. The standard InChI is InChI=1S/C10H8Cl3N3O/c11-4-1-2-5-6(3-4)17-10(14-5)8-7(12)9(13)16-15-8/h1-3,7-9,15-16H. The highest BCUT2D eigenvalue weighted by Gasteiger charge is 2.37. The first-order valence-electron chi connectivity index (χ1n) is 5.00. The number of hydrogen-bond acceptors (Lipinski definition) is 4. The van der Waals surface area contributed by atoms with Gasteiger partial charge in [0, 0.05) is 11.1 Å². The third kappa shape index (κ3) is 2.00.